The van der Waals surface area contributed by atoms with Gasteiger partial charge in [0.05, 0.1) is 28.0 Å². The molecule has 0 atom stereocenters. The number of halogens is 2. The van der Waals surface area contributed by atoms with Crippen LogP contribution in [-0.4, -0.2) is 39.6 Å². The van der Waals surface area contributed by atoms with Gasteiger partial charge in [0.25, 0.3) is 0 Å². The van der Waals surface area contributed by atoms with Crippen LogP contribution in [0.3, 0.4) is 0 Å². The standard InChI is InChI=1S/C23H32Cl2N4O2/c1-8-28(21(31)13-22(2,3)4)14-20(30)26-19-12-18(23(5,6)7)27-29(19)15-9-10-16(24)17(25)11-15/h9-12H,8,13-14H2,1-7H3,(H,26,30). The molecular formula is C23H32Cl2N4O2. The van der Waals surface area contributed by atoms with Gasteiger partial charge in [0.2, 0.25) is 11.8 Å². The summed E-state index contributed by atoms with van der Waals surface area (Å²) < 4.78 is 1.63. The van der Waals surface area contributed by atoms with Crippen LogP contribution in [0.4, 0.5) is 5.82 Å². The van der Waals surface area contributed by atoms with Gasteiger partial charge in [-0.25, -0.2) is 4.68 Å². The van der Waals surface area contributed by atoms with Crippen molar-refractivity contribution in [2.75, 3.05) is 18.4 Å². The zero-order valence-corrected chi connectivity index (χ0v) is 20.9. The fourth-order valence-electron chi connectivity index (χ4n) is 2.95. The maximum Gasteiger partial charge on any atom is 0.245 e. The average Bonchev–Trinajstić information content (AvgIpc) is 3.04. The lowest BCUT2D eigenvalue weighted by Gasteiger charge is -2.25. The number of hydrogen-bond acceptors (Lipinski definition) is 3. The molecule has 1 heterocycles. The molecule has 0 aliphatic heterocycles. The normalized spacial score (nSPS) is 12.0. The maximum absolute atomic E-state index is 12.8. The topological polar surface area (TPSA) is 67.2 Å². The maximum atomic E-state index is 12.8. The van der Waals surface area contributed by atoms with Crippen molar-refractivity contribution in [1.29, 1.82) is 0 Å². The minimum Gasteiger partial charge on any atom is -0.334 e. The largest absolute Gasteiger partial charge is 0.334 e. The van der Waals surface area contributed by atoms with E-state index in [9.17, 15) is 9.59 Å². The van der Waals surface area contributed by atoms with Gasteiger partial charge in [-0.2, -0.15) is 5.10 Å². The molecule has 0 unspecified atom stereocenters. The predicted molar refractivity (Wildman–Crippen MR) is 127 cm³/mol. The molecule has 0 bridgehead atoms. The number of nitrogens with zero attached hydrogens (tertiary/aromatic N) is 3. The molecule has 6 nitrogen and oxygen atoms in total. The van der Waals surface area contributed by atoms with Crippen LogP contribution in [0.25, 0.3) is 5.69 Å². The molecule has 0 saturated carbocycles. The summed E-state index contributed by atoms with van der Waals surface area (Å²) in [6.45, 7) is 14.4. The first-order valence-corrected chi connectivity index (χ1v) is 11.1. The second kappa shape index (κ2) is 9.61. The molecule has 0 aliphatic carbocycles. The van der Waals surface area contributed by atoms with Crippen molar-refractivity contribution in [3.05, 3.63) is 40.0 Å². The molecule has 2 aromatic rings. The summed E-state index contributed by atoms with van der Waals surface area (Å²) in [5, 5.41) is 8.43. The van der Waals surface area contributed by atoms with Crippen LogP contribution in [-0.2, 0) is 15.0 Å². The molecule has 1 aromatic carbocycles. The van der Waals surface area contributed by atoms with Crippen LogP contribution >= 0.6 is 23.2 Å². The van der Waals surface area contributed by atoms with E-state index in [4.69, 9.17) is 23.2 Å². The first-order valence-electron chi connectivity index (χ1n) is 10.3. The zero-order chi connectivity index (χ0) is 23.6. The smallest absolute Gasteiger partial charge is 0.245 e. The van der Waals surface area contributed by atoms with Gasteiger partial charge in [0.15, 0.2) is 0 Å². The third-order valence-electron chi connectivity index (χ3n) is 4.64. The number of nitrogens with one attached hydrogen (secondary N) is 1. The van der Waals surface area contributed by atoms with E-state index in [-0.39, 0.29) is 29.2 Å². The van der Waals surface area contributed by atoms with Gasteiger partial charge in [-0.3, -0.25) is 9.59 Å². The van der Waals surface area contributed by atoms with Gasteiger partial charge in [-0.1, -0.05) is 64.7 Å². The minimum absolute atomic E-state index is 0.0250. The number of aromatic nitrogens is 2. The zero-order valence-electron chi connectivity index (χ0n) is 19.3. The number of likely N-dealkylation sites (N-methyl/N-ethyl adjacent to an activating group) is 1. The second-order valence-electron chi connectivity index (χ2n) is 9.87. The van der Waals surface area contributed by atoms with E-state index < -0.39 is 0 Å². The van der Waals surface area contributed by atoms with Gasteiger partial charge in [-0.15, -0.1) is 0 Å². The number of carbonyl (C=O) groups excluding carboxylic acids is 2. The van der Waals surface area contributed by atoms with E-state index in [2.05, 4.69) is 10.4 Å². The molecule has 0 saturated heterocycles. The molecule has 0 radical (unpaired) electrons. The molecule has 2 rings (SSSR count). The highest BCUT2D eigenvalue weighted by atomic mass is 35.5. The predicted octanol–water partition coefficient (Wildman–Crippen LogP) is 5.70. The molecule has 0 aliphatic rings. The summed E-state index contributed by atoms with van der Waals surface area (Å²) in [6, 6.07) is 7.01. The lowest BCUT2D eigenvalue weighted by atomic mass is 9.91. The number of benzene rings is 1. The highest BCUT2D eigenvalue weighted by Crippen LogP contribution is 2.29. The summed E-state index contributed by atoms with van der Waals surface area (Å²) in [6.07, 6.45) is 0.378. The number of anilines is 1. The Morgan fingerprint density at radius 3 is 2.23 bits per heavy atom. The Kier molecular flexibility index (Phi) is 7.82. The van der Waals surface area contributed by atoms with Crippen LogP contribution in [0.2, 0.25) is 10.0 Å². The average molecular weight is 467 g/mol. The van der Waals surface area contributed by atoms with Crippen LogP contribution < -0.4 is 5.32 Å². The fraction of sp³-hybridized carbons (Fsp3) is 0.522. The second-order valence-corrected chi connectivity index (χ2v) is 10.7. The number of carbonyl (C=O) groups is 2. The van der Waals surface area contributed by atoms with Crippen molar-refractivity contribution < 1.29 is 9.59 Å². The fourth-order valence-corrected chi connectivity index (χ4v) is 3.24. The molecule has 1 N–H and O–H groups in total. The lowest BCUT2D eigenvalue weighted by Crippen LogP contribution is -2.39. The summed E-state index contributed by atoms with van der Waals surface area (Å²) in [4.78, 5) is 27.0. The van der Waals surface area contributed by atoms with Crippen LogP contribution in [0, 0.1) is 5.41 Å². The summed E-state index contributed by atoms with van der Waals surface area (Å²) >= 11 is 12.2. The van der Waals surface area contributed by atoms with Gasteiger partial charge in [0, 0.05) is 24.4 Å². The first kappa shape index (κ1) is 25.2. The van der Waals surface area contributed by atoms with Crippen molar-refractivity contribution >= 4 is 40.8 Å². The van der Waals surface area contributed by atoms with Crippen LogP contribution in [0.5, 0.6) is 0 Å². The van der Waals surface area contributed by atoms with Gasteiger partial charge in [-0.05, 0) is 30.5 Å². The number of hydrogen-bond donors (Lipinski definition) is 1. The summed E-state index contributed by atoms with van der Waals surface area (Å²) in [5.74, 6) is 0.178. The quantitative estimate of drug-likeness (QED) is 0.593. The monoisotopic (exact) mass is 466 g/mol. The van der Waals surface area contributed by atoms with Crippen molar-refractivity contribution in [2.24, 2.45) is 5.41 Å². The van der Waals surface area contributed by atoms with Crippen molar-refractivity contribution in [2.45, 2.75) is 60.3 Å². The molecule has 0 fully saturated rings. The highest BCUT2D eigenvalue weighted by Gasteiger charge is 2.24. The van der Waals surface area contributed by atoms with Crippen molar-refractivity contribution in [1.82, 2.24) is 14.7 Å². The van der Waals surface area contributed by atoms with E-state index in [0.29, 0.717) is 34.5 Å². The van der Waals surface area contributed by atoms with E-state index in [0.717, 1.165) is 5.69 Å². The molecule has 0 spiro atoms. The highest BCUT2D eigenvalue weighted by molar-refractivity contribution is 6.42. The van der Waals surface area contributed by atoms with Crippen LogP contribution in [0.15, 0.2) is 24.3 Å². The third-order valence-corrected chi connectivity index (χ3v) is 5.38. The lowest BCUT2D eigenvalue weighted by molar-refractivity contribution is -0.136. The van der Waals surface area contributed by atoms with Gasteiger partial charge in [0.1, 0.15) is 5.82 Å². The summed E-state index contributed by atoms with van der Waals surface area (Å²) in [7, 11) is 0. The van der Waals surface area contributed by atoms with Gasteiger partial charge < -0.3 is 10.2 Å². The Hall–Kier alpha value is -2.05. The van der Waals surface area contributed by atoms with Gasteiger partial charge >= 0.3 is 0 Å². The molecule has 170 valence electrons. The Labute approximate surface area is 194 Å². The van der Waals surface area contributed by atoms with E-state index in [1.807, 2.05) is 54.5 Å². The Balaban J connectivity index is 2.30. The molecule has 31 heavy (non-hydrogen) atoms. The van der Waals surface area contributed by atoms with E-state index >= 15 is 0 Å². The molecule has 1 aromatic heterocycles. The Morgan fingerprint density at radius 2 is 1.71 bits per heavy atom. The number of rotatable bonds is 6. The third kappa shape index (κ3) is 6.97. The first-order chi connectivity index (χ1) is 14.2. The summed E-state index contributed by atoms with van der Waals surface area (Å²) in [5.41, 5.74) is 1.12. The molecule has 2 amide bonds. The Bertz CT molecular complexity index is 955. The van der Waals surface area contributed by atoms with E-state index in [1.54, 1.807) is 27.8 Å². The number of amides is 2. The minimum atomic E-state index is -0.286. The van der Waals surface area contributed by atoms with E-state index in [1.165, 1.54) is 0 Å². The Morgan fingerprint density at radius 1 is 1.06 bits per heavy atom. The van der Waals surface area contributed by atoms with Crippen molar-refractivity contribution in [3.63, 3.8) is 0 Å². The molecular weight excluding hydrogens is 435 g/mol. The molecule has 8 heteroatoms. The van der Waals surface area contributed by atoms with Crippen LogP contribution in [0.1, 0.15) is 60.6 Å². The van der Waals surface area contributed by atoms with Crippen molar-refractivity contribution in [3.8, 4) is 5.69 Å². The SMILES string of the molecule is CCN(CC(=O)Nc1cc(C(C)(C)C)nn1-c1ccc(Cl)c(Cl)c1)C(=O)CC(C)(C)C.